The minimum atomic E-state index is -2.28. The molecule has 2 saturated heterocycles. The van der Waals surface area contributed by atoms with Crippen molar-refractivity contribution in [3.63, 3.8) is 0 Å². The standard InChI is InChI=1S/C28H44ClN5O8Si/c1-25(2,3)40-23(35)34(24(36)41-26(4,5)6)19-15-18(31-22(29)32-19)33(14-30-15)20-16-17(39-28(10,11)38-16)21(37-20)42-43(12,13)27(7,8)9/h14,16-17,20-21H,1-13H3/t16-,17+,20-,21?/m1/s1. The van der Waals surface area contributed by atoms with Gasteiger partial charge < -0.3 is 28.1 Å². The maximum Gasteiger partial charge on any atom is 0.425 e. The number of anilines is 1. The SMILES string of the molecule is CC(C)(C)OC(=O)N(C(=O)OC(C)(C)C)c1nc(Cl)nc2c1ncn2[C@@H]1OC(O[Si](C)(C)C(C)(C)C)[C@H]2OC(C)(C)O[C@H]21. The van der Waals surface area contributed by atoms with E-state index in [1.165, 1.54) is 6.33 Å². The number of aromatic nitrogens is 4. The van der Waals surface area contributed by atoms with E-state index in [1.54, 1.807) is 46.1 Å². The highest BCUT2D eigenvalue weighted by Gasteiger charge is 2.58. The van der Waals surface area contributed by atoms with Gasteiger partial charge in [0.25, 0.3) is 0 Å². The van der Waals surface area contributed by atoms with Crippen LogP contribution < -0.4 is 4.90 Å². The molecule has 1 unspecified atom stereocenters. The lowest BCUT2D eigenvalue weighted by atomic mass is 10.2. The number of imidazole rings is 1. The van der Waals surface area contributed by atoms with Gasteiger partial charge in [0.2, 0.25) is 5.28 Å². The van der Waals surface area contributed by atoms with Crippen molar-refractivity contribution in [1.82, 2.24) is 19.5 Å². The summed E-state index contributed by atoms with van der Waals surface area (Å²) in [5.74, 6) is -1.10. The molecular weight excluding hydrogens is 598 g/mol. The number of imide groups is 1. The predicted octanol–water partition coefficient (Wildman–Crippen LogP) is 6.55. The number of carbonyl (C=O) groups excluding carboxylic acids is 2. The zero-order valence-electron chi connectivity index (χ0n) is 27.3. The van der Waals surface area contributed by atoms with Gasteiger partial charge in [-0.1, -0.05) is 20.8 Å². The first kappa shape index (κ1) is 33.5. The Morgan fingerprint density at radius 1 is 0.953 bits per heavy atom. The van der Waals surface area contributed by atoms with E-state index >= 15 is 0 Å². The molecule has 2 aromatic rings. The molecule has 4 atom stereocenters. The van der Waals surface area contributed by atoms with E-state index in [0.29, 0.717) is 4.90 Å². The van der Waals surface area contributed by atoms with E-state index in [0.717, 1.165) is 0 Å². The van der Waals surface area contributed by atoms with Crippen molar-refractivity contribution in [2.75, 3.05) is 4.90 Å². The van der Waals surface area contributed by atoms with Crippen molar-refractivity contribution in [3.05, 3.63) is 11.6 Å². The number of nitrogens with zero attached hydrogens (tertiary/aromatic N) is 5. The third kappa shape index (κ3) is 7.15. The number of halogens is 1. The minimum Gasteiger partial charge on any atom is -0.443 e. The van der Waals surface area contributed by atoms with Gasteiger partial charge in [-0.15, -0.1) is 0 Å². The molecule has 15 heteroatoms. The highest BCUT2D eigenvalue weighted by Crippen LogP contribution is 2.47. The smallest absolute Gasteiger partial charge is 0.425 e. The zero-order valence-corrected chi connectivity index (χ0v) is 29.0. The number of rotatable bonds is 4. The third-order valence-electron chi connectivity index (χ3n) is 7.22. The van der Waals surface area contributed by atoms with Crippen molar-refractivity contribution < 1.29 is 37.7 Å². The quantitative estimate of drug-likeness (QED) is 0.265. The van der Waals surface area contributed by atoms with E-state index < -0.39 is 62.2 Å². The van der Waals surface area contributed by atoms with Crippen LogP contribution in [-0.4, -0.2) is 75.5 Å². The Morgan fingerprint density at radius 2 is 1.49 bits per heavy atom. The molecule has 0 spiro atoms. The number of carbonyl (C=O) groups is 2. The molecule has 43 heavy (non-hydrogen) atoms. The second-order valence-corrected chi connectivity index (χ2v) is 19.9. The molecule has 2 aliphatic rings. The normalized spacial score (nSPS) is 24.2. The molecule has 0 N–H and O–H groups in total. The Bertz CT molecular complexity index is 1370. The van der Waals surface area contributed by atoms with Crippen molar-refractivity contribution in [1.29, 1.82) is 0 Å². The monoisotopic (exact) mass is 641 g/mol. The number of hydrogen-bond donors (Lipinski definition) is 0. The first-order chi connectivity index (χ1) is 19.4. The Kier molecular flexibility index (Phi) is 8.51. The van der Waals surface area contributed by atoms with Crippen LogP contribution in [0.15, 0.2) is 6.33 Å². The molecule has 0 bridgehead atoms. The molecular formula is C28H44ClN5O8Si. The maximum absolute atomic E-state index is 13.4. The summed E-state index contributed by atoms with van der Waals surface area (Å²) in [6.07, 6.45) is -3.21. The summed E-state index contributed by atoms with van der Waals surface area (Å²) >= 11 is 6.39. The second-order valence-electron chi connectivity index (χ2n) is 14.8. The lowest BCUT2D eigenvalue weighted by Crippen LogP contribution is -2.47. The van der Waals surface area contributed by atoms with Crippen molar-refractivity contribution >= 4 is 49.1 Å². The molecule has 0 aliphatic carbocycles. The van der Waals surface area contributed by atoms with Crippen molar-refractivity contribution in [2.45, 2.75) is 136 Å². The van der Waals surface area contributed by atoms with Gasteiger partial charge in [0, 0.05) is 0 Å². The minimum absolute atomic E-state index is 0.0803. The van der Waals surface area contributed by atoms with Crippen LogP contribution in [0.5, 0.6) is 0 Å². The molecule has 240 valence electrons. The summed E-state index contributed by atoms with van der Waals surface area (Å²) < 4.78 is 38.3. The fourth-order valence-corrected chi connectivity index (χ4v) is 5.69. The summed E-state index contributed by atoms with van der Waals surface area (Å²) in [5, 5.41) is -0.322. The average molecular weight is 642 g/mol. The lowest BCUT2D eigenvalue weighted by Gasteiger charge is -2.39. The summed E-state index contributed by atoms with van der Waals surface area (Å²) in [6.45, 7) is 24.4. The molecule has 2 aliphatic heterocycles. The Hall–Kier alpha value is -2.36. The highest BCUT2D eigenvalue weighted by molar-refractivity contribution is 6.74. The first-order valence-electron chi connectivity index (χ1n) is 14.2. The van der Waals surface area contributed by atoms with Crippen LogP contribution in [0.25, 0.3) is 11.2 Å². The molecule has 4 heterocycles. The first-order valence-corrected chi connectivity index (χ1v) is 17.5. The summed E-state index contributed by atoms with van der Waals surface area (Å²) in [4.78, 5) is 40.5. The Balaban J connectivity index is 1.80. The molecule has 13 nitrogen and oxygen atoms in total. The van der Waals surface area contributed by atoms with Gasteiger partial charge in [-0.2, -0.15) is 14.9 Å². The molecule has 0 saturated carbocycles. The van der Waals surface area contributed by atoms with E-state index in [2.05, 4.69) is 48.8 Å². The average Bonchev–Trinajstić information content (AvgIpc) is 3.41. The molecule has 4 rings (SSSR count). The molecule has 2 fully saturated rings. The molecule has 0 aromatic carbocycles. The summed E-state index contributed by atoms with van der Waals surface area (Å²) in [7, 11) is -2.28. The van der Waals surface area contributed by atoms with Crippen LogP contribution >= 0.6 is 11.6 Å². The van der Waals surface area contributed by atoms with E-state index in [4.69, 9.17) is 39.7 Å². The van der Waals surface area contributed by atoms with Crippen LogP contribution in [0, 0.1) is 0 Å². The number of fused-ring (bicyclic) bond motifs is 2. The van der Waals surface area contributed by atoms with Gasteiger partial charge >= 0.3 is 12.2 Å². The van der Waals surface area contributed by atoms with E-state index in [1.807, 2.05) is 13.8 Å². The summed E-state index contributed by atoms with van der Waals surface area (Å²) in [6, 6.07) is 0. The van der Waals surface area contributed by atoms with Gasteiger partial charge in [-0.25, -0.2) is 14.6 Å². The van der Waals surface area contributed by atoms with Gasteiger partial charge in [-0.05, 0) is 85.1 Å². The fourth-order valence-electron chi connectivity index (χ4n) is 4.41. The lowest BCUT2D eigenvalue weighted by molar-refractivity contribution is -0.226. The van der Waals surface area contributed by atoms with Crippen LogP contribution in [0.4, 0.5) is 15.4 Å². The van der Waals surface area contributed by atoms with Crippen LogP contribution in [0.3, 0.4) is 0 Å². The van der Waals surface area contributed by atoms with Gasteiger partial charge in [0.15, 0.2) is 43.6 Å². The number of ether oxygens (including phenoxy) is 5. The molecule has 2 amide bonds. The number of hydrogen-bond acceptors (Lipinski definition) is 11. The van der Waals surface area contributed by atoms with Crippen molar-refractivity contribution in [2.24, 2.45) is 0 Å². The third-order valence-corrected chi connectivity index (χ3v) is 11.8. The molecule has 0 radical (unpaired) electrons. The van der Waals surface area contributed by atoms with Crippen LogP contribution in [-0.2, 0) is 28.1 Å². The zero-order chi connectivity index (χ0) is 32.5. The number of amides is 2. The van der Waals surface area contributed by atoms with Crippen LogP contribution in [0.1, 0.15) is 82.4 Å². The Morgan fingerprint density at radius 3 is 2.00 bits per heavy atom. The van der Waals surface area contributed by atoms with E-state index in [9.17, 15) is 9.59 Å². The highest BCUT2D eigenvalue weighted by atomic mass is 35.5. The van der Waals surface area contributed by atoms with Crippen molar-refractivity contribution in [3.8, 4) is 0 Å². The maximum atomic E-state index is 13.4. The molecule has 2 aromatic heterocycles. The second kappa shape index (κ2) is 10.9. The van der Waals surface area contributed by atoms with Gasteiger partial charge in [0.05, 0.1) is 6.33 Å². The largest absolute Gasteiger partial charge is 0.443 e. The summed E-state index contributed by atoms with van der Waals surface area (Å²) in [5.41, 5.74) is -1.57. The van der Waals surface area contributed by atoms with Gasteiger partial charge in [0.1, 0.15) is 23.4 Å². The predicted molar refractivity (Wildman–Crippen MR) is 161 cm³/mol. The fraction of sp³-hybridized carbons (Fsp3) is 0.750. The topological polar surface area (TPSA) is 136 Å². The van der Waals surface area contributed by atoms with E-state index in [-0.39, 0.29) is 27.3 Å². The van der Waals surface area contributed by atoms with Crippen LogP contribution in [0.2, 0.25) is 23.4 Å². The van der Waals surface area contributed by atoms with Gasteiger partial charge in [-0.3, -0.25) is 4.57 Å². The Labute approximate surface area is 258 Å².